The van der Waals surface area contributed by atoms with Crippen LogP contribution < -0.4 is 4.74 Å². The molecule has 0 saturated heterocycles. The number of carbonyl (C=O) groups excluding carboxylic acids is 1. The molecule has 0 unspecified atom stereocenters. The standard InChI is InChI=1S/C15H10N2O4/c1-10(18)14-8-13(6-7-15(14)17(19)20)21-12-4-2-11(9-16)3-5-12/h2-8H,1H3. The van der Waals surface area contributed by atoms with Crippen LogP contribution in [0.4, 0.5) is 5.69 Å². The summed E-state index contributed by atoms with van der Waals surface area (Å²) < 4.78 is 5.52. The second-order valence-corrected chi connectivity index (χ2v) is 4.23. The maximum absolute atomic E-state index is 11.5. The van der Waals surface area contributed by atoms with Gasteiger partial charge in [-0.1, -0.05) is 0 Å². The van der Waals surface area contributed by atoms with Crippen LogP contribution in [-0.2, 0) is 0 Å². The van der Waals surface area contributed by atoms with Crippen molar-refractivity contribution in [1.82, 2.24) is 0 Å². The molecule has 21 heavy (non-hydrogen) atoms. The molecule has 0 aliphatic heterocycles. The summed E-state index contributed by atoms with van der Waals surface area (Å²) in [4.78, 5) is 21.7. The molecule has 0 saturated carbocycles. The molecule has 6 heteroatoms. The molecule has 0 heterocycles. The maximum atomic E-state index is 11.5. The SMILES string of the molecule is CC(=O)c1cc(Oc2ccc(C#N)cc2)ccc1[N+](=O)[O-]. The first-order valence-electron chi connectivity index (χ1n) is 5.98. The Kier molecular flexibility index (Phi) is 3.95. The van der Waals surface area contributed by atoms with Crippen LogP contribution >= 0.6 is 0 Å². The third kappa shape index (κ3) is 3.22. The second kappa shape index (κ2) is 5.84. The second-order valence-electron chi connectivity index (χ2n) is 4.23. The third-order valence-corrected chi connectivity index (χ3v) is 2.76. The summed E-state index contributed by atoms with van der Waals surface area (Å²) in [5, 5.41) is 19.6. The molecule has 0 amide bonds. The first-order valence-corrected chi connectivity index (χ1v) is 5.98. The van der Waals surface area contributed by atoms with E-state index in [2.05, 4.69) is 0 Å². The zero-order valence-corrected chi connectivity index (χ0v) is 11.1. The van der Waals surface area contributed by atoms with E-state index in [0.29, 0.717) is 17.1 Å². The topological polar surface area (TPSA) is 93.2 Å². The largest absolute Gasteiger partial charge is 0.457 e. The molecule has 2 aromatic carbocycles. The van der Waals surface area contributed by atoms with Crippen LogP contribution in [0.1, 0.15) is 22.8 Å². The van der Waals surface area contributed by atoms with E-state index in [1.807, 2.05) is 6.07 Å². The van der Waals surface area contributed by atoms with E-state index in [1.165, 1.54) is 25.1 Å². The minimum absolute atomic E-state index is 0.00820. The molecule has 2 rings (SSSR count). The zero-order valence-electron chi connectivity index (χ0n) is 11.1. The summed E-state index contributed by atoms with van der Waals surface area (Å²) in [7, 11) is 0. The van der Waals surface area contributed by atoms with Gasteiger partial charge in [-0.05, 0) is 43.3 Å². The van der Waals surface area contributed by atoms with E-state index < -0.39 is 10.7 Å². The van der Waals surface area contributed by atoms with Crippen molar-refractivity contribution in [3.63, 3.8) is 0 Å². The number of hydrogen-bond donors (Lipinski definition) is 0. The molecule has 0 atom stereocenters. The summed E-state index contributed by atoms with van der Waals surface area (Å²) >= 11 is 0. The Bertz CT molecular complexity index is 745. The van der Waals surface area contributed by atoms with Crippen LogP contribution in [0.2, 0.25) is 0 Å². The van der Waals surface area contributed by atoms with Crippen molar-refractivity contribution in [2.45, 2.75) is 6.92 Å². The molecule has 0 aromatic heterocycles. The van der Waals surface area contributed by atoms with Gasteiger partial charge >= 0.3 is 0 Å². The highest BCUT2D eigenvalue weighted by Crippen LogP contribution is 2.28. The number of carbonyl (C=O) groups is 1. The van der Waals surface area contributed by atoms with Gasteiger partial charge in [0.25, 0.3) is 5.69 Å². The minimum Gasteiger partial charge on any atom is -0.457 e. The number of nitro groups is 1. The van der Waals surface area contributed by atoms with Gasteiger partial charge in [0.05, 0.1) is 22.1 Å². The first kappa shape index (κ1) is 14.2. The Morgan fingerprint density at radius 3 is 2.33 bits per heavy atom. The molecule has 0 aliphatic carbocycles. The average Bonchev–Trinajstić information content (AvgIpc) is 2.47. The normalized spacial score (nSPS) is 9.71. The number of nitrogens with zero attached hydrogens (tertiary/aromatic N) is 2. The van der Waals surface area contributed by atoms with Crippen LogP contribution in [-0.4, -0.2) is 10.7 Å². The maximum Gasteiger partial charge on any atom is 0.280 e. The molecule has 6 nitrogen and oxygen atoms in total. The predicted molar refractivity (Wildman–Crippen MR) is 74.3 cm³/mol. The number of Topliss-reactive ketones (excluding diaryl/α,β-unsaturated/α-hetero) is 1. The monoisotopic (exact) mass is 282 g/mol. The van der Waals surface area contributed by atoms with Gasteiger partial charge in [-0.2, -0.15) is 5.26 Å². The molecule has 0 spiro atoms. The summed E-state index contributed by atoms with van der Waals surface area (Å²) in [6.07, 6.45) is 0. The Morgan fingerprint density at radius 1 is 1.19 bits per heavy atom. The van der Waals surface area contributed by atoms with Crippen molar-refractivity contribution in [3.8, 4) is 17.6 Å². The zero-order chi connectivity index (χ0) is 15.4. The van der Waals surface area contributed by atoms with Crippen molar-refractivity contribution in [3.05, 3.63) is 63.7 Å². The van der Waals surface area contributed by atoms with Gasteiger partial charge in [-0.25, -0.2) is 0 Å². The summed E-state index contributed by atoms with van der Waals surface area (Å²) in [5.41, 5.74) is 0.233. The molecular weight excluding hydrogens is 272 g/mol. The number of nitriles is 1. The van der Waals surface area contributed by atoms with Gasteiger partial charge in [0, 0.05) is 6.07 Å². The van der Waals surface area contributed by atoms with Gasteiger partial charge < -0.3 is 4.74 Å². The lowest BCUT2D eigenvalue weighted by atomic mass is 10.1. The number of nitro benzene ring substituents is 1. The van der Waals surface area contributed by atoms with Crippen LogP contribution in [0, 0.1) is 21.4 Å². The smallest absolute Gasteiger partial charge is 0.280 e. The molecule has 0 N–H and O–H groups in total. The summed E-state index contributed by atoms with van der Waals surface area (Å²) in [5.74, 6) is 0.375. The molecule has 2 aromatic rings. The number of ether oxygens (including phenoxy) is 1. The molecular formula is C15H10N2O4. The Balaban J connectivity index is 2.32. The Labute approximate surface area is 120 Å². The lowest BCUT2D eigenvalue weighted by Crippen LogP contribution is -2.00. The molecule has 0 fully saturated rings. The van der Waals surface area contributed by atoms with Gasteiger partial charge in [0.15, 0.2) is 5.78 Å². The van der Waals surface area contributed by atoms with Gasteiger partial charge in [-0.15, -0.1) is 0 Å². The van der Waals surface area contributed by atoms with E-state index in [0.717, 1.165) is 0 Å². The highest BCUT2D eigenvalue weighted by atomic mass is 16.6. The average molecular weight is 282 g/mol. The van der Waals surface area contributed by atoms with Crippen molar-refractivity contribution in [2.24, 2.45) is 0 Å². The molecule has 0 bridgehead atoms. The van der Waals surface area contributed by atoms with Crippen LogP contribution in [0.5, 0.6) is 11.5 Å². The third-order valence-electron chi connectivity index (χ3n) is 2.76. The fourth-order valence-electron chi connectivity index (χ4n) is 1.75. The molecule has 0 radical (unpaired) electrons. The Hall–Kier alpha value is -3.20. The minimum atomic E-state index is -0.609. The predicted octanol–water partition coefficient (Wildman–Crippen LogP) is 3.46. The molecule has 104 valence electrons. The van der Waals surface area contributed by atoms with Crippen molar-refractivity contribution < 1.29 is 14.5 Å². The fraction of sp³-hybridized carbons (Fsp3) is 0.0667. The van der Waals surface area contributed by atoms with Gasteiger partial charge in [0.1, 0.15) is 11.5 Å². The summed E-state index contributed by atoms with van der Waals surface area (Å²) in [6.45, 7) is 1.26. The number of hydrogen-bond acceptors (Lipinski definition) is 5. The lowest BCUT2D eigenvalue weighted by molar-refractivity contribution is -0.385. The van der Waals surface area contributed by atoms with E-state index in [9.17, 15) is 14.9 Å². The van der Waals surface area contributed by atoms with Crippen molar-refractivity contribution >= 4 is 11.5 Å². The fourth-order valence-corrected chi connectivity index (χ4v) is 1.75. The number of rotatable bonds is 4. The van der Waals surface area contributed by atoms with Crippen molar-refractivity contribution in [1.29, 1.82) is 5.26 Å². The number of benzene rings is 2. The summed E-state index contributed by atoms with van der Waals surface area (Å²) in [6, 6.07) is 12.4. The lowest BCUT2D eigenvalue weighted by Gasteiger charge is -2.07. The van der Waals surface area contributed by atoms with E-state index in [1.54, 1.807) is 24.3 Å². The van der Waals surface area contributed by atoms with E-state index >= 15 is 0 Å². The Morgan fingerprint density at radius 2 is 1.81 bits per heavy atom. The number of ketones is 1. The van der Waals surface area contributed by atoms with Crippen LogP contribution in [0.15, 0.2) is 42.5 Å². The first-order chi connectivity index (χ1) is 10.0. The van der Waals surface area contributed by atoms with E-state index in [-0.39, 0.29) is 11.3 Å². The molecule has 0 aliphatic rings. The highest BCUT2D eigenvalue weighted by Gasteiger charge is 2.18. The van der Waals surface area contributed by atoms with E-state index in [4.69, 9.17) is 10.00 Å². The van der Waals surface area contributed by atoms with Crippen molar-refractivity contribution in [2.75, 3.05) is 0 Å². The van der Waals surface area contributed by atoms with Crippen LogP contribution in [0.3, 0.4) is 0 Å². The van der Waals surface area contributed by atoms with Crippen LogP contribution in [0.25, 0.3) is 0 Å². The van der Waals surface area contributed by atoms with Gasteiger partial charge in [0.2, 0.25) is 0 Å². The van der Waals surface area contributed by atoms with Gasteiger partial charge in [-0.3, -0.25) is 14.9 Å². The quantitative estimate of drug-likeness (QED) is 0.486. The highest BCUT2D eigenvalue weighted by molar-refractivity contribution is 5.98.